The first-order valence-electron chi connectivity index (χ1n) is 7.74. The minimum atomic E-state index is -2.66. The zero-order valence-corrected chi connectivity index (χ0v) is 12.7. The molecule has 3 rings (SSSR count). The Hall–Kier alpha value is -1.49. The van der Waals surface area contributed by atoms with Gasteiger partial charge in [0.25, 0.3) is 5.92 Å². The molecule has 0 spiro atoms. The Labute approximate surface area is 129 Å². The van der Waals surface area contributed by atoms with Crippen molar-refractivity contribution in [3.8, 4) is 0 Å². The van der Waals surface area contributed by atoms with Crippen LogP contribution in [0.15, 0.2) is 30.3 Å². The molecule has 2 bridgehead atoms. The Bertz CT molecular complexity index is 535. The van der Waals surface area contributed by atoms with E-state index in [1.165, 1.54) is 7.11 Å². The minimum Gasteiger partial charge on any atom is -0.469 e. The van der Waals surface area contributed by atoms with Crippen LogP contribution in [0.4, 0.5) is 8.78 Å². The first kappa shape index (κ1) is 15.4. The highest BCUT2D eigenvalue weighted by Crippen LogP contribution is 2.48. The van der Waals surface area contributed by atoms with Gasteiger partial charge in [-0.3, -0.25) is 9.69 Å². The number of methoxy groups -OCH3 is 1. The molecule has 1 aromatic carbocycles. The van der Waals surface area contributed by atoms with E-state index < -0.39 is 12.0 Å². The third-order valence-corrected chi connectivity index (χ3v) is 4.92. The number of alkyl halides is 2. The van der Waals surface area contributed by atoms with E-state index in [2.05, 4.69) is 4.74 Å². The molecule has 22 heavy (non-hydrogen) atoms. The predicted octanol–water partition coefficient (Wildman–Crippen LogP) is 3.24. The molecule has 0 aromatic heterocycles. The topological polar surface area (TPSA) is 29.5 Å². The van der Waals surface area contributed by atoms with E-state index in [-0.39, 0.29) is 30.8 Å². The summed E-state index contributed by atoms with van der Waals surface area (Å²) >= 11 is 0. The summed E-state index contributed by atoms with van der Waals surface area (Å²) in [5, 5.41) is 0. The molecule has 5 heteroatoms. The van der Waals surface area contributed by atoms with Crippen LogP contribution in [-0.2, 0) is 16.1 Å². The van der Waals surface area contributed by atoms with Crippen LogP contribution in [0.3, 0.4) is 0 Å². The Morgan fingerprint density at radius 1 is 1.32 bits per heavy atom. The average molecular weight is 309 g/mol. The number of nitrogens with zero attached hydrogens (tertiary/aromatic N) is 1. The highest BCUT2D eigenvalue weighted by molar-refractivity contribution is 5.69. The smallest absolute Gasteiger partial charge is 0.305 e. The van der Waals surface area contributed by atoms with Gasteiger partial charge in [0.05, 0.1) is 13.2 Å². The molecule has 0 radical (unpaired) electrons. The first-order chi connectivity index (χ1) is 10.5. The minimum absolute atomic E-state index is 0.00264. The first-order valence-corrected chi connectivity index (χ1v) is 7.74. The van der Waals surface area contributed by atoms with Gasteiger partial charge in [-0.25, -0.2) is 8.78 Å². The third kappa shape index (κ3) is 3.00. The fourth-order valence-corrected chi connectivity index (χ4v) is 3.91. The number of halogens is 2. The van der Waals surface area contributed by atoms with Crippen LogP contribution in [0.2, 0.25) is 0 Å². The molecule has 2 saturated heterocycles. The van der Waals surface area contributed by atoms with Crippen LogP contribution >= 0.6 is 0 Å². The van der Waals surface area contributed by atoms with Crippen molar-refractivity contribution >= 4 is 5.97 Å². The van der Waals surface area contributed by atoms with Crippen molar-refractivity contribution in [2.24, 2.45) is 5.92 Å². The molecule has 0 amide bonds. The Balaban J connectivity index is 1.73. The van der Waals surface area contributed by atoms with Gasteiger partial charge < -0.3 is 4.74 Å². The second-order valence-electron chi connectivity index (χ2n) is 6.41. The van der Waals surface area contributed by atoms with Crippen LogP contribution in [0.25, 0.3) is 0 Å². The SMILES string of the molecule is COC(=O)CC1C[C@H]2CC(F)(F)[C@@H](C1)N2Cc1ccccc1. The number of hydrogen-bond acceptors (Lipinski definition) is 3. The van der Waals surface area contributed by atoms with Crippen LogP contribution in [0.1, 0.15) is 31.2 Å². The summed E-state index contributed by atoms with van der Waals surface area (Å²) in [5.74, 6) is -2.96. The second kappa shape index (κ2) is 5.95. The summed E-state index contributed by atoms with van der Waals surface area (Å²) in [4.78, 5) is 13.4. The lowest BCUT2D eigenvalue weighted by atomic mass is 9.87. The van der Waals surface area contributed by atoms with Gasteiger partial charge in [0.15, 0.2) is 0 Å². The normalized spacial score (nSPS) is 30.2. The maximum absolute atomic E-state index is 14.3. The summed E-state index contributed by atoms with van der Waals surface area (Å²) in [7, 11) is 1.34. The average Bonchev–Trinajstić information content (AvgIpc) is 2.63. The van der Waals surface area contributed by atoms with Gasteiger partial charge in [-0.1, -0.05) is 30.3 Å². The third-order valence-electron chi connectivity index (χ3n) is 4.92. The van der Waals surface area contributed by atoms with E-state index >= 15 is 0 Å². The van der Waals surface area contributed by atoms with E-state index in [4.69, 9.17) is 0 Å². The van der Waals surface area contributed by atoms with Gasteiger partial charge in [0, 0.05) is 25.4 Å². The second-order valence-corrected chi connectivity index (χ2v) is 6.41. The van der Waals surface area contributed by atoms with Gasteiger partial charge >= 0.3 is 5.97 Å². The number of hydrogen-bond donors (Lipinski definition) is 0. The molecular weight excluding hydrogens is 288 g/mol. The number of carbonyl (C=O) groups is 1. The zero-order chi connectivity index (χ0) is 15.7. The van der Waals surface area contributed by atoms with Gasteiger partial charge in [0.2, 0.25) is 0 Å². The van der Waals surface area contributed by atoms with Crippen LogP contribution < -0.4 is 0 Å². The van der Waals surface area contributed by atoms with E-state index in [1.54, 1.807) is 0 Å². The lowest BCUT2D eigenvalue weighted by Crippen LogP contribution is -2.46. The largest absolute Gasteiger partial charge is 0.469 e. The number of benzene rings is 1. The molecule has 2 aliphatic rings. The number of ether oxygens (including phenoxy) is 1. The van der Waals surface area contributed by atoms with Gasteiger partial charge in [0.1, 0.15) is 0 Å². The van der Waals surface area contributed by atoms with E-state index in [0.717, 1.165) is 5.56 Å². The molecule has 0 saturated carbocycles. The molecule has 2 heterocycles. The summed E-state index contributed by atoms with van der Waals surface area (Å²) in [5.41, 5.74) is 1.06. The number of carbonyl (C=O) groups excluding carboxylic acids is 1. The van der Waals surface area contributed by atoms with Crippen molar-refractivity contribution in [1.82, 2.24) is 4.90 Å². The fourth-order valence-electron chi connectivity index (χ4n) is 3.91. The molecule has 3 nitrogen and oxygen atoms in total. The molecule has 2 fully saturated rings. The van der Waals surface area contributed by atoms with Crippen molar-refractivity contribution in [3.05, 3.63) is 35.9 Å². The maximum Gasteiger partial charge on any atom is 0.305 e. The Kier molecular flexibility index (Phi) is 4.17. The maximum atomic E-state index is 14.3. The molecule has 0 aliphatic carbocycles. The Morgan fingerprint density at radius 3 is 2.68 bits per heavy atom. The molecule has 3 atom stereocenters. The standard InChI is InChI=1S/C17H21F2NO2/c1-22-16(21)9-13-7-14-10-17(18,19)15(8-13)20(14)11-12-5-3-2-4-6-12/h2-6,13-15H,7-11H2,1H3/t13?,14-,15+/m0/s1. The number of rotatable bonds is 4. The van der Waals surface area contributed by atoms with Gasteiger partial charge in [-0.05, 0) is 24.3 Å². The molecule has 1 aromatic rings. The van der Waals surface area contributed by atoms with Crippen LogP contribution in [-0.4, -0.2) is 36.0 Å². The van der Waals surface area contributed by atoms with Crippen LogP contribution in [0.5, 0.6) is 0 Å². The van der Waals surface area contributed by atoms with Crippen molar-refractivity contribution in [3.63, 3.8) is 0 Å². The van der Waals surface area contributed by atoms with Crippen LogP contribution in [0, 0.1) is 5.92 Å². The van der Waals surface area contributed by atoms with Crippen molar-refractivity contribution in [2.45, 2.75) is 50.2 Å². The summed E-state index contributed by atoms with van der Waals surface area (Å²) in [6, 6.07) is 8.81. The molecule has 2 aliphatic heterocycles. The quantitative estimate of drug-likeness (QED) is 0.800. The molecule has 1 unspecified atom stereocenters. The van der Waals surface area contributed by atoms with Crippen molar-refractivity contribution in [1.29, 1.82) is 0 Å². The highest BCUT2D eigenvalue weighted by atomic mass is 19.3. The van der Waals surface area contributed by atoms with E-state index in [0.29, 0.717) is 19.4 Å². The number of esters is 1. The van der Waals surface area contributed by atoms with E-state index in [1.807, 2.05) is 35.2 Å². The fraction of sp³-hybridized carbons (Fsp3) is 0.588. The van der Waals surface area contributed by atoms with Crippen molar-refractivity contribution < 1.29 is 18.3 Å². The lowest BCUT2D eigenvalue weighted by Gasteiger charge is -2.38. The number of piperidine rings is 1. The lowest BCUT2D eigenvalue weighted by molar-refractivity contribution is -0.142. The number of fused-ring (bicyclic) bond motifs is 2. The zero-order valence-electron chi connectivity index (χ0n) is 12.7. The molecule has 0 N–H and O–H groups in total. The van der Waals surface area contributed by atoms with E-state index in [9.17, 15) is 13.6 Å². The monoisotopic (exact) mass is 309 g/mol. The summed E-state index contributed by atoms with van der Waals surface area (Å²) < 4.78 is 33.3. The Morgan fingerprint density at radius 2 is 2.05 bits per heavy atom. The van der Waals surface area contributed by atoms with Crippen molar-refractivity contribution in [2.75, 3.05) is 7.11 Å². The molecular formula is C17H21F2NO2. The predicted molar refractivity (Wildman–Crippen MR) is 78.5 cm³/mol. The van der Waals surface area contributed by atoms with Gasteiger partial charge in [-0.2, -0.15) is 0 Å². The summed E-state index contributed by atoms with van der Waals surface area (Å²) in [6.45, 7) is 0.552. The molecule has 120 valence electrons. The summed E-state index contributed by atoms with van der Waals surface area (Å²) in [6.07, 6.45) is 1.17. The van der Waals surface area contributed by atoms with Gasteiger partial charge in [-0.15, -0.1) is 0 Å². The highest BCUT2D eigenvalue weighted by Gasteiger charge is 2.57.